The molecule has 0 aromatic carbocycles. The van der Waals surface area contributed by atoms with E-state index < -0.39 is 12.3 Å². The van der Waals surface area contributed by atoms with Gasteiger partial charge in [-0.25, -0.2) is 8.78 Å². The van der Waals surface area contributed by atoms with E-state index in [0.29, 0.717) is 18.8 Å². The third-order valence-corrected chi connectivity index (χ3v) is 4.22. The second-order valence-corrected chi connectivity index (χ2v) is 5.45. The number of alkyl halides is 2. The Hall–Kier alpha value is -0.140. The zero-order chi connectivity index (χ0) is 10.7. The van der Waals surface area contributed by atoms with Crippen LogP contribution >= 0.6 is 0 Å². The normalized spacial score (nSPS) is 38.4. The van der Waals surface area contributed by atoms with E-state index in [2.05, 4.69) is 0 Å². The van der Waals surface area contributed by atoms with Crippen molar-refractivity contribution in [1.29, 1.82) is 0 Å². The molecule has 0 saturated heterocycles. The highest BCUT2D eigenvalue weighted by atomic mass is 19.2. The van der Waals surface area contributed by atoms with Crippen molar-refractivity contribution in [3.05, 3.63) is 0 Å². The maximum absolute atomic E-state index is 13.0. The summed E-state index contributed by atoms with van der Waals surface area (Å²) in [6.07, 6.45) is 7.73. The lowest BCUT2D eigenvalue weighted by atomic mass is 9.84. The Labute approximate surface area is 91.4 Å². The van der Waals surface area contributed by atoms with Crippen molar-refractivity contribution in [2.45, 2.75) is 70.1 Å². The van der Waals surface area contributed by atoms with E-state index in [4.69, 9.17) is 0 Å². The first kappa shape index (κ1) is 11.3. The van der Waals surface area contributed by atoms with Crippen LogP contribution in [-0.4, -0.2) is 12.3 Å². The molecule has 2 saturated carbocycles. The maximum atomic E-state index is 13.0. The van der Waals surface area contributed by atoms with E-state index in [9.17, 15) is 8.78 Å². The number of hydrogen-bond donors (Lipinski definition) is 0. The van der Waals surface area contributed by atoms with Crippen LogP contribution < -0.4 is 0 Å². The van der Waals surface area contributed by atoms with Crippen molar-refractivity contribution in [2.24, 2.45) is 11.8 Å². The molecule has 0 N–H and O–H groups in total. The van der Waals surface area contributed by atoms with Gasteiger partial charge in [-0.05, 0) is 31.1 Å². The van der Waals surface area contributed by atoms with Crippen LogP contribution in [0.4, 0.5) is 8.78 Å². The summed E-state index contributed by atoms with van der Waals surface area (Å²) in [5.41, 5.74) is 0. The highest BCUT2D eigenvalue weighted by molar-refractivity contribution is 4.84. The van der Waals surface area contributed by atoms with Gasteiger partial charge in [-0.2, -0.15) is 0 Å². The van der Waals surface area contributed by atoms with Crippen LogP contribution in [0.2, 0.25) is 0 Å². The average molecular weight is 216 g/mol. The van der Waals surface area contributed by atoms with Crippen molar-refractivity contribution >= 4 is 0 Å². The van der Waals surface area contributed by atoms with Gasteiger partial charge >= 0.3 is 0 Å². The predicted molar refractivity (Wildman–Crippen MR) is 58.3 cm³/mol. The second-order valence-electron chi connectivity index (χ2n) is 5.45. The molecule has 0 aliphatic heterocycles. The molecular formula is C13H22F2. The molecule has 2 heteroatoms. The van der Waals surface area contributed by atoms with Gasteiger partial charge in [0.15, 0.2) is 0 Å². The Morgan fingerprint density at radius 1 is 0.733 bits per heavy atom. The molecule has 0 spiro atoms. The summed E-state index contributed by atoms with van der Waals surface area (Å²) in [5, 5.41) is 0. The number of hydrogen-bond acceptors (Lipinski definition) is 0. The van der Waals surface area contributed by atoms with E-state index in [1.807, 2.05) is 0 Å². The fourth-order valence-corrected chi connectivity index (χ4v) is 3.21. The minimum Gasteiger partial charge on any atom is -0.244 e. The topological polar surface area (TPSA) is 0 Å². The van der Waals surface area contributed by atoms with Crippen LogP contribution in [0.5, 0.6) is 0 Å². The molecule has 0 aromatic heterocycles. The Bertz CT molecular complexity index is 177. The van der Waals surface area contributed by atoms with Gasteiger partial charge in [0.25, 0.3) is 0 Å². The highest BCUT2D eigenvalue weighted by Gasteiger charge is 2.34. The largest absolute Gasteiger partial charge is 0.244 e. The minimum atomic E-state index is -1.17. The molecule has 2 fully saturated rings. The first-order valence-corrected chi connectivity index (χ1v) is 6.54. The molecule has 2 unspecified atom stereocenters. The van der Waals surface area contributed by atoms with E-state index in [1.54, 1.807) is 0 Å². The summed E-state index contributed by atoms with van der Waals surface area (Å²) < 4.78 is 25.9. The molecule has 2 aliphatic carbocycles. The van der Waals surface area contributed by atoms with Crippen molar-refractivity contribution in [2.75, 3.05) is 0 Å². The van der Waals surface area contributed by atoms with Gasteiger partial charge in [0.1, 0.15) is 12.3 Å². The maximum Gasteiger partial charge on any atom is 0.131 e. The molecule has 0 radical (unpaired) electrons. The first-order valence-electron chi connectivity index (χ1n) is 6.54. The molecule has 2 rings (SSSR count). The Kier molecular flexibility index (Phi) is 3.99. The second kappa shape index (κ2) is 5.27. The summed E-state index contributed by atoms with van der Waals surface area (Å²) in [4.78, 5) is 0. The van der Waals surface area contributed by atoms with Crippen LogP contribution in [0, 0.1) is 11.8 Å². The lowest BCUT2D eigenvalue weighted by Crippen LogP contribution is -2.08. The lowest BCUT2D eigenvalue weighted by Gasteiger charge is -2.22. The summed E-state index contributed by atoms with van der Waals surface area (Å²) in [7, 11) is 0. The fraction of sp³-hybridized carbons (Fsp3) is 1.00. The van der Waals surface area contributed by atoms with Gasteiger partial charge in [-0.15, -0.1) is 0 Å². The summed E-state index contributed by atoms with van der Waals surface area (Å²) in [6.45, 7) is 0. The highest BCUT2D eigenvalue weighted by Crippen LogP contribution is 2.36. The van der Waals surface area contributed by atoms with Gasteiger partial charge < -0.3 is 0 Å². The van der Waals surface area contributed by atoms with Crippen LogP contribution in [-0.2, 0) is 0 Å². The van der Waals surface area contributed by atoms with E-state index in [0.717, 1.165) is 12.3 Å². The molecule has 0 nitrogen and oxygen atoms in total. The van der Waals surface area contributed by atoms with Crippen molar-refractivity contribution in [1.82, 2.24) is 0 Å². The molecule has 88 valence electrons. The van der Waals surface area contributed by atoms with Crippen molar-refractivity contribution in [3.8, 4) is 0 Å². The smallest absolute Gasteiger partial charge is 0.131 e. The molecule has 0 aromatic rings. The first-order chi connectivity index (χ1) is 7.25. The monoisotopic (exact) mass is 216 g/mol. The van der Waals surface area contributed by atoms with Gasteiger partial charge in [0.05, 0.1) is 0 Å². The quantitative estimate of drug-likeness (QED) is 0.654. The third kappa shape index (κ3) is 3.15. The lowest BCUT2D eigenvalue weighted by molar-refractivity contribution is 0.199. The SMILES string of the molecule is FC1CC(CCC2CCCCC2)CC1F. The van der Waals surface area contributed by atoms with Gasteiger partial charge in [-0.1, -0.05) is 38.5 Å². The Morgan fingerprint density at radius 2 is 1.27 bits per heavy atom. The fourth-order valence-electron chi connectivity index (χ4n) is 3.21. The molecular weight excluding hydrogens is 194 g/mol. The number of halogens is 2. The molecule has 15 heavy (non-hydrogen) atoms. The molecule has 2 atom stereocenters. The van der Waals surface area contributed by atoms with Crippen molar-refractivity contribution in [3.63, 3.8) is 0 Å². The van der Waals surface area contributed by atoms with Crippen molar-refractivity contribution < 1.29 is 8.78 Å². The zero-order valence-corrected chi connectivity index (χ0v) is 9.43. The number of rotatable bonds is 3. The molecule has 0 amide bonds. The van der Waals surface area contributed by atoms with Crippen LogP contribution in [0.3, 0.4) is 0 Å². The van der Waals surface area contributed by atoms with E-state index in [1.165, 1.54) is 38.5 Å². The van der Waals surface area contributed by atoms with Gasteiger partial charge in [0.2, 0.25) is 0 Å². The molecule has 2 aliphatic rings. The minimum absolute atomic E-state index is 0.330. The van der Waals surface area contributed by atoms with Crippen LogP contribution in [0.1, 0.15) is 57.8 Å². The van der Waals surface area contributed by atoms with E-state index in [-0.39, 0.29) is 0 Å². The van der Waals surface area contributed by atoms with Crippen LogP contribution in [0.15, 0.2) is 0 Å². The molecule has 0 bridgehead atoms. The predicted octanol–water partition coefficient (Wildman–Crippen LogP) is 4.43. The van der Waals surface area contributed by atoms with E-state index >= 15 is 0 Å². The summed E-state index contributed by atoms with van der Waals surface area (Å²) in [6, 6.07) is 0. The Morgan fingerprint density at radius 3 is 1.87 bits per heavy atom. The summed E-state index contributed by atoms with van der Waals surface area (Å²) >= 11 is 0. The standard InChI is InChI=1S/C13H22F2/c14-12-8-11(9-13(12)15)7-6-10-4-2-1-3-5-10/h10-13H,1-9H2. The van der Waals surface area contributed by atoms with Gasteiger partial charge in [0, 0.05) is 0 Å². The third-order valence-electron chi connectivity index (χ3n) is 4.22. The van der Waals surface area contributed by atoms with Crippen LogP contribution in [0.25, 0.3) is 0 Å². The summed E-state index contributed by atoms with van der Waals surface area (Å²) in [5.74, 6) is 1.19. The zero-order valence-electron chi connectivity index (χ0n) is 9.43. The molecule has 0 heterocycles. The Balaban J connectivity index is 1.65. The average Bonchev–Trinajstić information content (AvgIpc) is 2.57. The van der Waals surface area contributed by atoms with Gasteiger partial charge in [-0.3, -0.25) is 0 Å².